The first-order chi connectivity index (χ1) is 8.40. The summed E-state index contributed by atoms with van der Waals surface area (Å²) in [7, 11) is 0. The summed E-state index contributed by atoms with van der Waals surface area (Å²) in [6.07, 6.45) is -0.133. The van der Waals surface area contributed by atoms with Gasteiger partial charge in [0.05, 0.1) is 5.41 Å². The summed E-state index contributed by atoms with van der Waals surface area (Å²) >= 11 is 0. The quantitative estimate of drug-likeness (QED) is 0.639. The number of nitrogens with two attached hydrogens (primary N) is 1. The molecule has 0 heterocycles. The highest BCUT2D eigenvalue weighted by Crippen LogP contribution is 2.31. The molecule has 0 aliphatic heterocycles. The minimum Gasteiger partial charge on any atom is -0.481 e. The first kappa shape index (κ1) is 17.4. The van der Waals surface area contributed by atoms with E-state index in [-0.39, 0.29) is 18.8 Å². The Balaban J connectivity index is 4.78. The Hall–Kier alpha value is -1.59. The maximum Gasteiger partial charge on any atom is 0.310 e. The summed E-state index contributed by atoms with van der Waals surface area (Å²) in [5.74, 6) is -2.11. The number of carboxylic acids is 1. The molecule has 0 aliphatic carbocycles. The highest BCUT2D eigenvalue weighted by Gasteiger charge is 2.39. The molecular formula is C13H24N2O4. The third kappa shape index (κ3) is 5.28. The van der Waals surface area contributed by atoms with E-state index < -0.39 is 28.7 Å². The highest BCUT2D eigenvalue weighted by molar-refractivity contribution is 5.86. The van der Waals surface area contributed by atoms with E-state index in [4.69, 9.17) is 5.73 Å². The number of rotatable bonds is 7. The second-order valence-corrected chi connectivity index (χ2v) is 6.13. The second kappa shape index (κ2) is 6.04. The Bertz CT molecular complexity index is 377. The third-order valence-corrected chi connectivity index (χ3v) is 3.38. The van der Waals surface area contributed by atoms with Crippen LogP contribution in [-0.4, -0.2) is 28.4 Å². The van der Waals surface area contributed by atoms with Gasteiger partial charge in [0.15, 0.2) is 0 Å². The van der Waals surface area contributed by atoms with Gasteiger partial charge in [0, 0.05) is 18.4 Å². The minimum absolute atomic E-state index is 0.00417. The molecular weight excluding hydrogens is 248 g/mol. The molecule has 0 saturated heterocycles. The molecule has 6 nitrogen and oxygen atoms in total. The summed E-state index contributed by atoms with van der Waals surface area (Å²) in [5.41, 5.74) is 3.18. The zero-order chi connectivity index (χ0) is 15.4. The van der Waals surface area contributed by atoms with E-state index in [1.165, 1.54) is 0 Å². The summed E-state index contributed by atoms with van der Waals surface area (Å²) in [4.78, 5) is 34.1. The Morgan fingerprint density at radius 2 is 1.63 bits per heavy atom. The fraction of sp³-hybridized carbons (Fsp3) is 0.769. The number of carbonyl (C=O) groups is 3. The average Bonchev–Trinajstić information content (AvgIpc) is 2.12. The molecule has 0 bridgehead atoms. The number of amides is 2. The van der Waals surface area contributed by atoms with Gasteiger partial charge in [0.25, 0.3) is 0 Å². The lowest BCUT2D eigenvalue weighted by Gasteiger charge is -2.31. The van der Waals surface area contributed by atoms with Gasteiger partial charge < -0.3 is 16.2 Å². The topological polar surface area (TPSA) is 109 Å². The van der Waals surface area contributed by atoms with Crippen LogP contribution in [0.1, 0.15) is 47.5 Å². The molecule has 0 aliphatic rings. The number of carbonyl (C=O) groups excluding carboxylic acids is 2. The Labute approximate surface area is 113 Å². The van der Waals surface area contributed by atoms with Crippen molar-refractivity contribution in [3.8, 4) is 0 Å². The number of aliphatic carboxylic acids is 1. The lowest BCUT2D eigenvalue weighted by atomic mass is 9.76. The van der Waals surface area contributed by atoms with Crippen molar-refractivity contribution in [1.82, 2.24) is 5.32 Å². The smallest absolute Gasteiger partial charge is 0.310 e. The summed E-state index contributed by atoms with van der Waals surface area (Å²) in [6, 6.07) is 0. The molecule has 1 unspecified atom stereocenters. The van der Waals surface area contributed by atoms with Crippen LogP contribution in [-0.2, 0) is 14.4 Å². The van der Waals surface area contributed by atoms with Crippen LogP contribution in [0.5, 0.6) is 0 Å². The second-order valence-electron chi connectivity index (χ2n) is 6.13. The Kier molecular flexibility index (Phi) is 5.53. The first-order valence-corrected chi connectivity index (χ1v) is 6.23. The van der Waals surface area contributed by atoms with Crippen molar-refractivity contribution in [2.75, 3.05) is 0 Å². The van der Waals surface area contributed by atoms with E-state index in [0.717, 1.165) is 0 Å². The number of hydrogen-bond acceptors (Lipinski definition) is 3. The number of hydrogen-bond donors (Lipinski definition) is 3. The third-order valence-electron chi connectivity index (χ3n) is 3.38. The van der Waals surface area contributed by atoms with Crippen LogP contribution in [0.4, 0.5) is 0 Å². The predicted molar refractivity (Wildman–Crippen MR) is 71.2 cm³/mol. The van der Waals surface area contributed by atoms with Gasteiger partial charge in [-0.1, -0.05) is 13.8 Å². The van der Waals surface area contributed by atoms with E-state index in [1.807, 2.05) is 0 Å². The van der Waals surface area contributed by atoms with Gasteiger partial charge in [0.2, 0.25) is 11.8 Å². The van der Waals surface area contributed by atoms with Crippen LogP contribution in [0.2, 0.25) is 0 Å². The van der Waals surface area contributed by atoms with Crippen molar-refractivity contribution in [3.05, 3.63) is 0 Å². The van der Waals surface area contributed by atoms with E-state index in [0.29, 0.717) is 0 Å². The zero-order valence-electron chi connectivity index (χ0n) is 12.2. The van der Waals surface area contributed by atoms with Crippen molar-refractivity contribution >= 4 is 17.8 Å². The van der Waals surface area contributed by atoms with Gasteiger partial charge >= 0.3 is 5.97 Å². The molecule has 19 heavy (non-hydrogen) atoms. The molecule has 2 amide bonds. The molecule has 0 radical (unpaired) electrons. The van der Waals surface area contributed by atoms with Crippen LogP contribution in [0.3, 0.4) is 0 Å². The molecule has 0 rings (SSSR count). The summed E-state index contributed by atoms with van der Waals surface area (Å²) in [6.45, 7) is 8.40. The van der Waals surface area contributed by atoms with Gasteiger partial charge in [-0.2, -0.15) is 0 Å². The fourth-order valence-electron chi connectivity index (χ4n) is 1.76. The standard InChI is InChI=1S/C13H24N2O4/c1-8(2)13(5,11(18)19)7-10(17)15-12(3,4)6-9(14)16/h8H,6-7H2,1-5H3,(H2,14,16)(H,15,17)(H,18,19). The first-order valence-electron chi connectivity index (χ1n) is 6.23. The van der Waals surface area contributed by atoms with Gasteiger partial charge in [-0.3, -0.25) is 14.4 Å². The van der Waals surface area contributed by atoms with Crippen molar-refractivity contribution in [3.63, 3.8) is 0 Å². The molecule has 0 spiro atoms. The minimum atomic E-state index is -1.13. The Morgan fingerprint density at radius 1 is 1.16 bits per heavy atom. The van der Waals surface area contributed by atoms with Crippen LogP contribution in [0.25, 0.3) is 0 Å². The Morgan fingerprint density at radius 3 is 1.95 bits per heavy atom. The van der Waals surface area contributed by atoms with Gasteiger partial charge in [0.1, 0.15) is 0 Å². The fourth-order valence-corrected chi connectivity index (χ4v) is 1.76. The molecule has 110 valence electrons. The average molecular weight is 272 g/mol. The molecule has 0 aromatic heterocycles. The largest absolute Gasteiger partial charge is 0.481 e. The van der Waals surface area contributed by atoms with Crippen molar-refractivity contribution in [1.29, 1.82) is 0 Å². The predicted octanol–water partition coefficient (Wildman–Crippen LogP) is 0.894. The van der Waals surface area contributed by atoms with Crippen molar-refractivity contribution in [2.45, 2.75) is 53.0 Å². The molecule has 0 aromatic carbocycles. The molecule has 6 heteroatoms. The molecule has 0 fully saturated rings. The normalized spacial score (nSPS) is 14.8. The van der Waals surface area contributed by atoms with Crippen molar-refractivity contribution in [2.24, 2.45) is 17.1 Å². The molecule has 4 N–H and O–H groups in total. The van der Waals surface area contributed by atoms with Crippen molar-refractivity contribution < 1.29 is 19.5 Å². The highest BCUT2D eigenvalue weighted by atomic mass is 16.4. The summed E-state index contributed by atoms with van der Waals surface area (Å²) < 4.78 is 0. The van der Waals surface area contributed by atoms with E-state index in [1.54, 1.807) is 34.6 Å². The lowest BCUT2D eigenvalue weighted by Crippen LogP contribution is -2.48. The lowest BCUT2D eigenvalue weighted by molar-refractivity contribution is -0.154. The maximum absolute atomic E-state index is 11.9. The van der Waals surface area contributed by atoms with Crippen LogP contribution in [0.15, 0.2) is 0 Å². The molecule has 1 atom stereocenters. The van der Waals surface area contributed by atoms with Gasteiger partial charge in [-0.15, -0.1) is 0 Å². The van der Waals surface area contributed by atoms with Gasteiger partial charge in [-0.25, -0.2) is 0 Å². The van der Waals surface area contributed by atoms with Crippen LogP contribution in [0, 0.1) is 11.3 Å². The molecule has 0 saturated carbocycles. The van der Waals surface area contributed by atoms with Crippen LogP contribution < -0.4 is 11.1 Å². The number of nitrogens with one attached hydrogen (secondary N) is 1. The molecule has 0 aromatic rings. The van der Waals surface area contributed by atoms with Crippen LogP contribution >= 0.6 is 0 Å². The maximum atomic E-state index is 11.9. The van der Waals surface area contributed by atoms with Gasteiger partial charge in [-0.05, 0) is 26.7 Å². The zero-order valence-corrected chi connectivity index (χ0v) is 12.2. The van der Waals surface area contributed by atoms with E-state index in [2.05, 4.69) is 5.32 Å². The monoisotopic (exact) mass is 272 g/mol. The SMILES string of the molecule is CC(C)C(C)(CC(=O)NC(C)(C)CC(N)=O)C(=O)O. The van der Waals surface area contributed by atoms with E-state index >= 15 is 0 Å². The summed E-state index contributed by atoms with van der Waals surface area (Å²) in [5, 5.41) is 11.9. The van der Waals surface area contributed by atoms with E-state index in [9.17, 15) is 19.5 Å². The number of primary amides is 1. The number of carboxylic acid groups (broad SMARTS) is 1.